The molecule has 3 aromatic rings. The number of thiophene rings is 1. The Balaban J connectivity index is 1.82. The van der Waals surface area contributed by atoms with Crippen LogP contribution in [0.3, 0.4) is 0 Å². The van der Waals surface area contributed by atoms with Crippen LogP contribution in [0, 0.1) is 6.92 Å². The van der Waals surface area contributed by atoms with E-state index >= 15 is 0 Å². The summed E-state index contributed by atoms with van der Waals surface area (Å²) in [6, 6.07) is 3.84. The van der Waals surface area contributed by atoms with Crippen LogP contribution in [0.15, 0.2) is 27.2 Å². The van der Waals surface area contributed by atoms with Gasteiger partial charge in [0.05, 0.1) is 16.8 Å². The first kappa shape index (κ1) is 11.5. The lowest BCUT2D eigenvalue weighted by Crippen LogP contribution is -1.95. The van der Waals surface area contributed by atoms with Crippen molar-refractivity contribution < 1.29 is 4.52 Å². The van der Waals surface area contributed by atoms with E-state index in [-0.39, 0.29) is 0 Å². The van der Waals surface area contributed by atoms with Gasteiger partial charge < -0.3 is 10.3 Å². The van der Waals surface area contributed by atoms with Gasteiger partial charge in [-0.05, 0) is 18.4 Å². The molecule has 0 fully saturated rings. The smallest absolute Gasteiger partial charge is 0.191 e. The number of hydrogen-bond donors (Lipinski definition) is 1. The maximum atomic E-state index is 5.88. The summed E-state index contributed by atoms with van der Waals surface area (Å²) in [6.07, 6.45) is 0. The lowest BCUT2D eigenvalue weighted by molar-refractivity contribution is 0.391. The lowest BCUT2D eigenvalue weighted by Gasteiger charge is -2.00. The Labute approximate surface area is 111 Å². The zero-order valence-corrected chi connectivity index (χ0v) is 11.2. The first-order chi connectivity index (χ1) is 8.72. The van der Waals surface area contributed by atoms with E-state index in [4.69, 9.17) is 10.3 Å². The summed E-state index contributed by atoms with van der Waals surface area (Å²) in [6.45, 7) is 1.89. The van der Waals surface area contributed by atoms with Crippen molar-refractivity contribution in [3.8, 4) is 0 Å². The predicted octanol–water partition coefficient (Wildman–Crippen LogP) is 2.86. The van der Waals surface area contributed by atoms with Crippen LogP contribution in [0.2, 0.25) is 0 Å². The molecule has 18 heavy (non-hydrogen) atoms. The van der Waals surface area contributed by atoms with Gasteiger partial charge in [-0.1, -0.05) is 16.9 Å². The van der Waals surface area contributed by atoms with Crippen molar-refractivity contribution in [1.82, 2.24) is 15.1 Å². The minimum Gasteiger partial charge on any atom is -0.383 e. The third-order valence-electron chi connectivity index (χ3n) is 2.35. The molecule has 7 heteroatoms. The first-order valence-corrected chi connectivity index (χ1v) is 7.14. The van der Waals surface area contributed by atoms with Crippen LogP contribution in [0.25, 0.3) is 10.2 Å². The lowest BCUT2D eigenvalue weighted by atomic mass is 10.4. The van der Waals surface area contributed by atoms with Gasteiger partial charge in [-0.2, -0.15) is 0 Å². The van der Waals surface area contributed by atoms with Gasteiger partial charge in [0, 0.05) is 6.07 Å². The zero-order valence-electron chi connectivity index (χ0n) is 9.58. The zero-order chi connectivity index (χ0) is 12.5. The van der Waals surface area contributed by atoms with Crippen LogP contribution >= 0.6 is 23.1 Å². The molecule has 0 spiro atoms. The number of aryl methyl sites for hydroxylation is 1. The van der Waals surface area contributed by atoms with Gasteiger partial charge in [-0.15, -0.1) is 11.3 Å². The average molecular weight is 278 g/mol. The van der Waals surface area contributed by atoms with Crippen molar-refractivity contribution in [1.29, 1.82) is 0 Å². The summed E-state index contributed by atoms with van der Waals surface area (Å²) >= 11 is 3.05. The van der Waals surface area contributed by atoms with Crippen molar-refractivity contribution in [2.45, 2.75) is 17.8 Å². The van der Waals surface area contributed by atoms with Crippen LogP contribution in [0.5, 0.6) is 0 Å². The number of anilines is 1. The van der Waals surface area contributed by atoms with Crippen LogP contribution in [0.1, 0.15) is 11.5 Å². The average Bonchev–Trinajstić information content (AvgIpc) is 2.95. The van der Waals surface area contributed by atoms with Gasteiger partial charge in [0.25, 0.3) is 0 Å². The van der Waals surface area contributed by atoms with Crippen LogP contribution in [-0.2, 0) is 5.75 Å². The number of nitrogens with zero attached hydrogens (tertiary/aromatic N) is 3. The van der Waals surface area contributed by atoms with Gasteiger partial charge >= 0.3 is 0 Å². The molecule has 2 N–H and O–H groups in total. The van der Waals surface area contributed by atoms with Gasteiger partial charge in [-0.3, -0.25) is 0 Å². The molecule has 0 atom stereocenters. The van der Waals surface area contributed by atoms with E-state index in [1.807, 2.05) is 24.4 Å². The summed E-state index contributed by atoms with van der Waals surface area (Å²) in [7, 11) is 0. The normalized spacial score (nSPS) is 11.2. The second-order valence-electron chi connectivity index (χ2n) is 3.75. The Hall–Kier alpha value is -1.60. The second kappa shape index (κ2) is 4.58. The minimum absolute atomic E-state index is 0.525. The molecular weight excluding hydrogens is 268 g/mol. The topological polar surface area (TPSA) is 77.8 Å². The molecule has 0 aromatic carbocycles. The highest BCUT2D eigenvalue weighted by Crippen LogP contribution is 2.27. The van der Waals surface area contributed by atoms with Crippen molar-refractivity contribution >= 4 is 39.1 Å². The van der Waals surface area contributed by atoms with Crippen LogP contribution < -0.4 is 5.73 Å². The Morgan fingerprint density at radius 1 is 1.44 bits per heavy atom. The van der Waals surface area contributed by atoms with Crippen molar-refractivity contribution in [3.63, 3.8) is 0 Å². The van der Waals surface area contributed by atoms with E-state index < -0.39 is 0 Å². The molecule has 0 aliphatic carbocycles. The van der Waals surface area contributed by atoms with Crippen LogP contribution in [-0.4, -0.2) is 15.1 Å². The number of nitrogen functional groups attached to an aromatic ring is 1. The molecule has 0 saturated carbocycles. The summed E-state index contributed by atoms with van der Waals surface area (Å²) in [5.74, 6) is 1.99. The number of thioether (sulfide) groups is 1. The standard InChI is InChI=1S/C11H10N4OS2/c1-6-4-7(16-15-6)5-18-11-13-9(12)8-2-3-17-10(8)14-11/h2-4H,5H2,1H3,(H2,12,13,14). The molecule has 3 aromatic heterocycles. The molecule has 3 rings (SSSR count). The van der Waals surface area contributed by atoms with Crippen molar-refractivity contribution in [3.05, 3.63) is 29.0 Å². The molecule has 0 radical (unpaired) electrons. The molecule has 0 amide bonds. The SMILES string of the molecule is Cc1cc(CSc2nc(N)c3ccsc3n2)on1. The number of fused-ring (bicyclic) bond motifs is 1. The molecule has 92 valence electrons. The van der Waals surface area contributed by atoms with E-state index in [9.17, 15) is 0 Å². The third kappa shape index (κ3) is 2.19. The summed E-state index contributed by atoms with van der Waals surface area (Å²) < 4.78 is 5.13. The molecule has 5 nitrogen and oxygen atoms in total. The predicted molar refractivity (Wildman–Crippen MR) is 72.6 cm³/mol. The molecule has 0 bridgehead atoms. The van der Waals surface area contributed by atoms with E-state index in [0.29, 0.717) is 16.7 Å². The largest absolute Gasteiger partial charge is 0.383 e. The Morgan fingerprint density at radius 3 is 3.11 bits per heavy atom. The molecule has 0 aliphatic heterocycles. The molecule has 0 saturated heterocycles. The van der Waals surface area contributed by atoms with Gasteiger partial charge in [0.15, 0.2) is 5.16 Å². The third-order valence-corrected chi connectivity index (χ3v) is 4.03. The molecule has 0 unspecified atom stereocenters. The number of aromatic nitrogens is 3. The Morgan fingerprint density at radius 2 is 2.33 bits per heavy atom. The molecule has 3 heterocycles. The quantitative estimate of drug-likeness (QED) is 0.586. The summed E-state index contributed by atoms with van der Waals surface area (Å²) in [4.78, 5) is 9.63. The minimum atomic E-state index is 0.525. The highest BCUT2D eigenvalue weighted by Gasteiger charge is 2.08. The highest BCUT2D eigenvalue weighted by atomic mass is 32.2. The fraction of sp³-hybridized carbons (Fsp3) is 0.182. The summed E-state index contributed by atoms with van der Waals surface area (Å²) in [5, 5.41) is 7.38. The monoisotopic (exact) mass is 278 g/mol. The van der Waals surface area contributed by atoms with E-state index in [0.717, 1.165) is 21.7 Å². The highest BCUT2D eigenvalue weighted by molar-refractivity contribution is 7.98. The van der Waals surface area contributed by atoms with E-state index in [1.54, 1.807) is 11.3 Å². The van der Waals surface area contributed by atoms with Gasteiger partial charge in [0.1, 0.15) is 16.4 Å². The summed E-state index contributed by atoms with van der Waals surface area (Å²) in [5.41, 5.74) is 6.76. The molecule has 0 aliphatic rings. The number of nitrogens with two attached hydrogens (primary N) is 1. The second-order valence-corrected chi connectivity index (χ2v) is 5.59. The maximum absolute atomic E-state index is 5.88. The first-order valence-electron chi connectivity index (χ1n) is 5.28. The number of hydrogen-bond acceptors (Lipinski definition) is 7. The van der Waals surface area contributed by atoms with Crippen molar-refractivity contribution in [2.75, 3.05) is 5.73 Å². The van der Waals surface area contributed by atoms with E-state index in [2.05, 4.69) is 15.1 Å². The fourth-order valence-electron chi connectivity index (χ4n) is 1.54. The van der Waals surface area contributed by atoms with E-state index in [1.165, 1.54) is 11.8 Å². The van der Waals surface area contributed by atoms with Gasteiger partial charge in [0.2, 0.25) is 0 Å². The van der Waals surface area contributed by atoms with Crippen LogP contribution in [0.4, 0.5) is 5.82 Å². The van der Waals surface area contributed by atoms with Crippen molar-refractivity contribution in [2.24, 2.45) is 0 Å². The molecular formula is C11H10N4OS2. The Kier molecular flexibility index (Phi) is 2.92. The van der Waals surface area contributed by atoms with Gasteiger partial charge in [-0.25, -0.2) is 9.97 Å². The maximum Gasteiger partial charge on any atom is 0.191 e. The number of rotatable bonds is 3. The fourth-order valence-corrected chi connectivity index (χ4v) is 3.10. The Bertz CT molecular complexity index is 691.